The van der Waals surface area contributed by atoms with Gasteiger partial charge in [-0.3, -0.25) is 4.79 Å². The van der Waals surface area contributed by atoms with Crippen molar-refractivity contribution >= 4 is 27.5 Å². The van der Waals surface area contributed by atoms with E-state index in [1.807, 2.05) is 4.72 Å². The Labute approximate surface area is 99.0 Å². The van der Waals surface area contributed by atoms with Gasteiger partial charge in [-0.05, 0) is 19.1 Å². The summed E-state index contributed by atoms with van der Waals surface area (Å²) in [4.78, 5) is 11.1. The minimum absolute atomic E-state index is 0.0597. The van der Waals surface area contributed by atoms with E-state index >= 15 is 0 Å². The molecule has 0 spiro atoms. The van der Waals surface area contributed by atoms with E-state index in [1.54, 1.807) is 6.07 Å². The second kappa shape index (κ2) is 4.67. The Morgan fingerprint density at radius 2 is 1.94 bits per heavy atom. The molecule has 1 aromatic carbocycles. The molecule has 0 unspecified atom stereocenters. The third kappa shape index (κ3) is 2.84. The fourth-order valence-electron chi connectivity index (χ4n) is 0.927. The van der Waals surface area contributed by atoms with Gasteiger partial charge in [0.2, 0.25) is 0 Å². The summed E-state index contributed by atoms with van der Waals surface area (Å²) in [6, 6.07) is 5.87. The molecule has 0 heterocycles. The summed E-state index contributed by atoms with van der Waals surface area (Å²) < 4.78 is 25.3. The maximum absolute atomic E-state index is 11.7. The Morgan fingerprint density at radius 1 is 1.38 bits per heavy atom. The maximum Gasteiger partial charge on any atom is 0.265 e. The van der Waals surface area contributed by atoms with E-state index in [0.717, 1.165) is 0 Å². The Morgan fingerprint density at radius 3 is 2.44 bits per heavy atom. The second-order valence-electron chi connectivity index (χ2n) is 3.15. The van der Waals surface area contributed by atoms with Gasteiger partial charge in [0.25, 0.3) is 15.9 Å². The van der Waals surface area contributed by atoms with Crippen molar-refractivity contribution in [3.05, 3.63) is 41.4 Å². The highest BCUT2D eigenvalue weighted by Crippen LogP contribution is 2.20. The standard InChI is InChI=1S/C10H10ClNO3S/c1-7(2)10(13)12-16(14,15)9-6-4-3-5-8(9)11/h3-6H,1H2,2H3,(H,12,13). The number of rotatable bonds is 3. The first kappa shape index (κ1) is 12.7. The van der Waals surface area contributed by atoms with Crippen LogP contribution in [0.2, 0.25) is 5.02 Å². The molecule has 0 atom stereocenters. The number of sulfonamides is 1. The minimum Gasteiger partial charge on any atom is -0.269 e. The molecule has 0 aliphatic carbocycles. The highest BCUT2D eigenvalue weighted by Gasteiger charge is 2.20. The van der Waals surface area contributed by atoms with Crippen LogP contribution >= 0.6 is 11.6 Å². The average Bonchev–Trinajstić information content (AvgIpc) is 2.17. The van der Waals surface area contributed by atoms with Crippen molar-refractivity contribution in [1.29, 1.82) is 0 Å². The number of amides is 1. The van der Waals surface area contributed by atoms with Gasteiger partial charge in [0, 0.05) is 5.57 Å². The SMILES string of the molecule is C=C(C)C(=O)NS(=O)(=O)c1ccccc1Cl. The molecule has 0 saturated heterocycles. The molecule has 16 heavy (non-hydrogen) atoms. The van der Waals surface area contributed by atoms with E-state index in [4.69, 9.17) is 11.6 Å². The minimum atomic E-state index is -3.93. The van der Waals surface area contributed by atoms with E-state index in [2.05, 4.69) is 6.58 Å². The molecule has 4 nitrogen and oxygen atoms in total. The van der Waals surface area contributed by atoms with Crippen LogP contribution in [0.25, 0.3) is 0 Å². The molecule has 1 amide bonds. The van der Waals surface area contributed by atoms with Crippen LogP contribution in [0.5, 0.6) is 0 Å². The normalized spacial score (nSPS) is 10.9. The molecule has 1 aromatic rings. The average molecular weight is 260 g/mol. The number of hydrogen-bond acceptors (Lipinski definition) is 3. The van der Waals surface area contributed by atoms with Crippen molar-refractivity contribution in [2.75, 3.05) is 0 Å². The van der Waals surface area contributed by atoms with Crippen molar-refractivity contribution in [3.63, 3.8) is 0 Å². The molecular formula is C10H10ClNO3S. The van der Waals surface area contributed by atoms with Crippen LogP contribution in [-0.2, 0) is 14.8 Å². The zero-order chi connectivity index (χ0) is 12.3. The number of carbonyl (C=O) groups excluding carboxylic acids is 1. The van der Waals surface area contributed by atoms with Crippen molar-refractivity contribution in [1.82, 2.24) is 4.72 Å². The van der Waals surface area contributed by atoms with E-state index in [-0.39, 0.29) is 15.5 Å². The number of halogens is 1. The number of nitrogens with one attached hydrogen (secondary N) is 1. The third-order valence-corrected chi connectivity index (χ3v) is 3.57. The fraction of sp³-hybridized carbons (Fsp3) is 0.100. The smallest absolute Gasteiger partial charge is 0.265 e. The maximum atomic E-state index is 11.7. The summed E-state index contributed by atoms with van der Waals surface area (Å²) in [6.07, 6.45) is 0. The summed E-state index contributed by atoms with van der Waals surface area (Å²) in [5, 5.41) is 0.0597. The van der Waals surface area contributed by atoms with E-state index in [0.29, 0.717) is 0 Å². The first-order valence-electron chi connectivity index (χ1n) is 4.32. The van der Waals surface area contributed by atoms with Gasteiger partial charge in [0.05, 0.1) is 5.02 Å². The summed E-state index contributed by atoms with van der Waals surface area (Å²) >= 11 is 5.72. The van der Waals surface area contributed by atoms with Gasteiger partial charge >= 0.3 is 0 Å². The summed E-state index contributed by atoms with van der Waals surface area (Å²) in [5.74, 6) is -0.750. The molecule has 0 aliphatic heterocycles. The molecule has 0 radical (unpaired) electrons. The molecule has 0 bridgehead atoms. The second-order valence-corrected chi connectivity index (χ2v) is 5.20. The molecule has 1 N–H and O–H groups in total. The Hall–Kier alpha value is -1.33. The molecule has 6 heteroatoms. The molecule has 0 aromatic heterocycles. The van der Waals surface area contributed by atoms with Gasteiger partial charge in [-0.1, -0.05) is 30.3 Å². The number of hydrogen-bond donors (Lipinski definition) is 1. The molecule has 86 valence electrons. The summed E-state index contributed by atoms with van der Waals surface area (Å²) in [7, 11) is -3.93. The highest BCUT2D eigenvalue weighted by molar-refractivity contribution is 7.90. The third-order valence-electron chi connectivity index (χ3n) is 1.74. The van der Waals surface area contributed by atoms with Crippen LogP contribution in [0.3, 0.4) is 0 Å². The molecular weight excluding hydrogens is 250 g/mol. The summed E-state index contributed by atoms with van der Waals surface area (Å²) in [6.45, 7) is 4.76. The number of carbonyl (C=O) groups is 1. The van der Waals surface area contributed by atoms with Crippen LogP contribution < -0.4 is 4.72 Å². The predicted octanol–water partition coefficient (Wildman–Crippen LogP) is 1.72. The van der Waals surface area contributed by atoms with Crippen LogP contribution in [0, 0.1) is 0 Å². The first-order chi connectivity index (χ1) is 7.34. The van der Waals surface area contributed by atoms with Crippen LogP contribution in [-0.4, -0.2) is 14.3 Å². The molecule has 1 rings (SSSR count). The van der Waals surface area contributed by atoms with E-state index in [9.17, 15) is 13.2 Å². The molecule has 0 aliphatic rings. The number of benzene rings is 1. The monoisotopic (exact) mass is 259 g/mol. The van der Waals surface area contributed by atoms with Crippen LogP contribution in [0.1, 0.15) is 6.92 Å². The van der Waals surface area contributed by atoms with E-state index < -0.39 is 15.9 Å². The molecule has 0 fully saturated rings. The van der Waals surface area contributed by atoms with Crippen molar-refractivity contribution < 1.29 is 13.2 Å². The van der Waals surface area contributed by atoms with Crippen molar-refractivity contribution in [2.45, 2.75) is 11.8 Å². The lowest BCUT2D eigenvalue weighted by Crippen LogP contribution is -2.31. The first-order valence-corrected chi connectivity index (χ1v) is 6.18. The van der Waals surface area contributed by atoms with Gasteiger partial charge in [-0.2, -0.15) is 0 Å². The summed E-state index contributed by atoms with van der Waals surface area (Å²) in [5.41, 5.74) is 0.107. The quantitative estimate of drug-likeness (QED) is 0.841. The Balaban J connectivity index is 3.09. The zero-order valence-corrected chi connectivity index (χ0v) is 10.1. The lowest BCUT2D eigenvalue weighted by Gasteiger charge is -2.07. The predicted molar refractivity (Wildman–Crippen MR) is 61.6 cm³/mol. The van der Waals surface area contributed by atoms with Crippen molar-refractivity contribution in [2.24, 2.45) is 0 Å². The van der Waals surface area contributed by atoms with Gasteiger partial charge < -0.3 is 0 Å². The lowest BCUT2D eigenvalue weighted by atomic mass is 10.3. The van der Waals surface area contributed by atoms with Gasteiger partial charge in [-0.15, -0.1) is 0 Å². The lowest BCUT2D eigenvalue weighted by molar-refractivity contribution is -0.115. The Bertz CT molecular complexity index is 537. The zero-order valence-electron chi connectivity index (χ0n) is 8.53. The van der Waals surface area contributed by atoms with Gasteiger partial charge in [-0.25, -0.2) is 13.1 Å². The van der Waals surface area contributed by atoms with Gasteiger partial charge in [0.15, 0.2) is 0 Å². The topological polar surface area (TPSA) is 63.2 Å². The Kier molecular flexibility index (Phi) is 3.72. The largest absolute Gasteiger partial charge is 0.269 e. The van der Waals surface area contributed by atoms with Gasteiger partial charge in [0.1, 0.15) is 4.90 Å². The van der Waals surface area contributed by atoms with Crippen LogP contribution in [0.15, 0.2) is 41.3 Å². The van der Waals surface area contributed by atoms with Crippen LogP contribution in [0.4, 0.5) is 0 Å². The highest BCUT2D eigenvalue weighted by atomic mass is 35.5. The fourth-order valence-corrected chi connectivity index (χ4v) is 2.48. The molecule has 0 saturated carbocycles. The van der Waals surface area contributed by atoms with Crippen molar-refractivity contribution in [3.8, 4) is 0 Å². The van der Waals surface area contributed by atoms with E-state index in [1.165, 1.54) is 25.1 Å².